The number of hydrogen-bond acceptors (Lipinski definition) is 4. The van der Waals surface area contributed by atoms with Gasteiger partial charge in [-0.2, -0.15) is 18.3 Å². The fourth-order valence-electron chi connectivity index (χ4n) is 2.03. The summed E-state index contributed by atoms with van der Waals surface area (Å²) in [5.74, 6) is -1.23. The molecule has 0 saturated heterocycles. The number of nitrogens with one attached hydrogen (secondary N) is 1. The number of nitrogens with zero attached hydrogens (tertiary/aromatic N) is 2. The molecule has 0 bridgehead atoms. The monoisotopic (exact) mass is 319 g/mol. The summed E-state index contributed by atoms with van der Waals surface area (Å²) in [7, 11) is 1.17. The molecule has 1 fully saturated rings. The van der Waals surface area contributed by atoms with E-state index in [4.69, 9.17) is 0 Å². The van der Waals surface area contributed by atoms with Crippen LogP contribution in [0.4, 0.5) is 13.2 Å². The maximum atomic E-state index is 12.8. The van der Waals surface area contributed by atoms with Crippen LogP contribution in [0.5, 0.6) is 0 Å². The molecule has 0 spiro atoms. The number of ether oxygens (including phenoxy) is 1. The van der Waals surface area contributed by atoms with E-state index < -0.39 is 29.8 Å². The number of carbonyl (C=O) groups is 2. The molecule has 0 radical (unpaired) electrons. The van der Waals surface area contributed by atoms with Crippen molar-refractivity contribution in [1.29, 1.82) is 0 Å². The molecular weight excluding hydrogens is 303 g/mol. The number of esters is 1. The first-order valence-corrected chi connectivity index (χ1v) is 6.75. The van der Waals surface area contributed by atoms with Gasteiger partial charge in [-0.05, 0) is 25.8 Å². The number of methoxy groups -OCH3 is 1. The molecule has 0 aromatic carbocycles. The predicted molar refractivity (Wildman–Crippen MR) is 68.9 cm³/mol. The SMILES string of the molecule is COC(=O)CNC(=O)C(C)n1nc(C(F)(F)F)cc1C1CC1. The van der Waals surface area contributed by atoms with Gasteiger partial charge in [-0.3, -0.25) is 14.3 Å². The van der Waals surface area contributed by atoms with Crippen molar-refractivity contribution in [3.8, 4) is 0 Å². The second-order valence-corrected chi connectivity index (χ2v) is 5.14. The summed E-state index contributed by atoms with van der Waals surface area (Å²) in [6.45, 7) is 1.09. The molecule has 122 valence electrons. The van der Waals surface area contributed by atoms with Crippen LogP contribution in [0.15, 0.2) is 6.07 Å². The summed E-state index contributed by atoms with van der Waals surface area (Å²) in [5.41, 5.74) is -0.616. The van der Waals surface area contributed by atoms with E-state index in [1.54, 1.807) is 0 Å². The molecule has 1 aromatic rings. The maximum Gasteiger partial charge on any atom is 0.435 e. The van der Waals surface area contributed by atoms with Gasteiger partial charge in [-0.15, -0.1) is 0 Å². The van der Waals surface area contributed by atoms with Gasteiger partial charge in [0.05, 0.1) is 7.11 Å². The molecule has 22 heavy (non-hydrogen) atoms. The fraction of sp³-hybridized carbons (Fsp3) is 0.615. The minimum atomic E-state index is -4.56. The maximum absolute atomic E-state index is 12.8. The number of aromatic nitrogens is 2. The van der Waals surface area contributed by atoms with Gasteiger partial charge in [0.2, 0.25) is 5.91 Å². The highest BCUT2D eigenvalue weighted by Gasteiger charge is 2.39. The third-order valence-electron chi connectivity index (χ3n) is 3.43. The average molecular weight is 319 g/mol. The zero-order chi connectivity index (χ0) is 16.5. The molecule has 0 aliphatic heterocycles. The van der Waals surface area contributed by atoms with Gasteiger partial charge in [0.1, 0.15) is 12.6 Å². The van der Waals surface area contributed by atoms with Gasteiger partial charge >= 0.3 is 12.1 Å². The van der Waals surface area contributed by atoms with Crippen LogP contribution in [0.1, 0.15) is 43.1 Å². The van der Waals surface area contributed by atoms with Gasteiger partial charge < -0.3 is 10.1 Å². The molecular formula is C13H16F3N3O3. The summed E-state index contributed by atoms with van der Waals surface area (Å²) in [6.07, 6.45) is -3.00. The quantitative estimate of drug-likeness (QED) is 0.837. The van der Waals surface area contributed by atoms with E-state index >= 15 is 0 Å². The number of halogens is 3. The smallest absolute Gasteiger partial charge is 0.435 e. The van der Waals surface area contributed by atoms with E-state index in [1.807, 2.05) is 0 Å². The number of alkyl halides is 3. The Labute approximate surface area is 124 Å². The third-order valence-corrected chi connectivity index (χ3v) is 3.43. The Bertz CT molecular complexity index is 579. The lowest BCUT2D eigenvalue weighted by Crippen LogP contribution is -2.36. The van der Waals surface area contributed by atoms with E-state index in [9.17, 15) is 22.8 Å². The van der Waals surface area contributed by atoms with Crippen molar-refractivity contribution in [3.05, 3.63) is 17.5 Å². The molecule has 1 saturated carbocycles. The van der Waals surface area contributed by atoms with Crippen LogP contribution in [0.2, 0.25) is 0 Å². The zero-order valence-corrected chi connectivity index (χ0v) is 12.1. The van der Waals surface area contributed by atoms with Gasteiger partial charge in [0, 0.05) is 11.6 Å². The summed E-state index contributed by atoms with van der Waals surface area (Å²) >= 11 is 0. The minimum absolute atomic E-state index is 0.000503. The highest BCUT2D eigenvalue weighted by atomic mass is 19.4. The number of rotatable bonds is 5. The van der Waals surface area contributed by atoms with Crippen LogP contribution in [-0.2, 0) is 20.5 Å². The summed E-state index contributed by atoms with van der Waals surface area (Å²) < 4.78 is 43.8. The van der Waals surface area contributed by atoms with Gasteiger partial charge in [-0.1, -0.05) is 0 Å². The van der Waals surface area contributed by atoms with E-state index in [0.717, 1.165) is 23.6 Å². The molecule has 9 heteroatoms. The Morgan fingerprint density at radius 2 is 2.14 bits per heavy atom. The molecule has 2 rings (SSSR count). The second kappa shape index (κ2) is 5.98. The third kappa shape index (κ3) is 3.58. The number of hydrogen-bond donors (Lipinski definition) is 1. The van der Waals surface area contributed by atoms with E-state index in [2.05, 4.69) is 15.2 Å². The molecule has 1 aliphatic rings. The molecule has 1 amide bonds. The van der Waals surface area contributed by atoms with Crippen molar-refractivity contribution in [2.45, 2.75) is 37.9 Å². The average Bonchev–Trinajstić information content (AvgIpc) is 3.20. The molecule has 1 unspecified atom stereocenters. The van der Waals surface area contributed by atoms with Crippen molar-refractivity contribution in [2.75, 3.05) is 13.7 Å². The van der Waals surface area contributed by atoms with Crippen molar-refractivity contribution in [2.24, 2.45) is 0 Å². The molecule has 1 atom stereocenters. The normalized spacial score (nSPS) is 16.2. The first kappa shape index (κ1) is 16.3. The Hall–Kier alpha value is -2.06. The largest absolute Gasteiger partial charge is 0.468 e. The van der Waals surface area contributed by atoms with Gasteiger partial charge in [-0.25, -0.2) is 0 Å². The predicted octanol–water partition coefficient (Wildman–Crippen LogP) is 1.63. The number of amides is 1. The van der Waals surface area contributed by atoms with Crippen molar-refractivity contribution in [3.63, 3.8) is 0 Å². The van der Waals surface area contributed by atoms with E-state index in [1.165, 1.54) is 14.0 Å². The first-order valence-electron chi connectivity index (χ1n) is 6.75. The highest BCUT2D eigenvalue weighted by Crippen LogP contribution is 2.42. The molecule has 1 aliphatic carbocycles. The van der Waals surface area contributed by atoms with Crippen molar-refractivity contribution >= 4 is 11.9 Å². The second-order valence-electron chi connectivity index (χ2n) is 5.14. The van der Waals surface area contributed by atoms with Crippen LogP contribution in [0, 0.1) is 0 Å². The van der Waals surface area contributed by atoms with Gasteiger partial charge in [0.25, 0.3) is 0 Å². The molecule has 1 heterocycles. The lowest BCUT2D eigenvalue weighted by Gasteiger charge is -2.15. The van der Waals surface area contributed by atoms with Crippen molar-refractivity contribution in [1.82, 2.24) is 15.1 Å². The molecule has 1 aromatic heterocycles. The lowest BCUT2D eigenvalue weighted by molar-refractivity contribution is -0.142. The van der Waals surface area contributed by atoms with E-state index in [0.29, 0.717) is 5.69 Å². The zero-order valence-electron chi connectivity index (χ0n) is 12.1. The van der Waals surface area contributed by atoms with Crippen LogP contribution < -0.4 is 5.32 Å². The van der Waals surface area contributed by atoms with Crippen LogP contribution in [0.25, 0.3) is 0 Å². The van der Waals surface area contributed by atoms with Crippen LogP contribution >= 0.6 is 0 Å². The van der Waals surface area contributed by atoms with Crippen molar-refractivity contribution < 1.29 is 27.5 Å². The number of carbonyl (C=O) groups excluding carboxylic acids is 2. The summed E-state index contributed by atoms with van der Waals surface area (Å²) in [5, 5.41) is 5.84. The Morgan fingerprint density at radius 3 is 2.64 bits per heavy atom. The van der Waals surface area contributed by atoms with E-state index in [-0.39, 0.29) is 12.5 Å². The summed E-state index contributed by atoms with van der Waals surface area (Å²) in [6, 6.07) is 0.0400. The first-order chi connectivity index (χ1) is 10.2. The Balaban J connectivity index is 2.17. The van der Waals surface area contributed by atoms with Gasteiger partial charge in [0.15, 0.2) is 5.69 Å². The summed E-state index contributed by atoms with van der Waals surface area (Å²) in [4.78, 5) is 22.9. The lowest BCUT2D eigenvalue weighted by atomic mass is 10.2. The Kier molecular flexibility index (Phi) is 4.43. The molecule has 6 nitrogen and oxygen atoms in total. The standard InChI is InChI=1S/C13H16F3N3O3/c1-7(12(21)17-6-11(20)22-2)19-9(8-3-4-8)5-10(18-19)13(14,15)16/h5,7-8H,3-4,6H2,1-2H3,(H,17,21). The highest BCUT2D eigenvalue weighted by molar-refractivity contribution is 5.84. The topological polar surface area (TPSA) is 73.2 Å². The Morgan fingerprint density at radius 1 is 1.50 bits per heavy atom. The fourth-order valence-corrected chi connectivity index (χ4v) is 2.03. The molecule has 1 N–H and O–H groups in total. The minimum Gasteiger partial charge on any atom is -0.468 e. The van der Waals surface area contributed by atoms with Crippen LogP contribution in [0.3, 0.4) is 0 Å². The van der Waals surface area contributed by atoms with Crippen LogP contribution in [-0.4, -0.2) is 35.3 Å².